The summed E-state index contributed by atoms with van der Waals surface area (Å²) >= 11 is 0. The van der Waals surface area contributed by atoms with Gasteiger partial charge in [-0.1, -0.05) is 12.1 Å². The van der Waals surface area contributed by atoms with Crippen LogP contribution in [0.4, 0.5) is 8.78 Å². The molecule has 29 heavy (non-hydrogen) atoms. The second-order valence-corrected chi connectivity index (χ2v) is 8.78. The summed E-state index contributed by atoms with van der Waals surface area (Å²) in [6.07, 6.45) is 18.6. The highest BCUT2D eigenvalue weighted by Crippen LogP contribution is 2.40. The first-order valence-electron chi connectivity index (χ1n) is 11.5. The molecule has 2 saturated carbocycles. The fourth-order valence-corrected chi connectivity index (χ4v) is 5.08. The molecule has 1 nitrogen and oxygen atoms in total. The van der Waals surface area contributed by atoms with Crippen LogP contribution in [0.3, 0.4) is 0 Å². The van der Waals surface area contributed by atoms with E-state index in [0.29, 0.717) is 18.1 Å². The van der Waals surface area contributed by atoms with Crippen molar-refractivity contribution in [2.24, 2.45) is 17.8 Å². The Hall–Kier alpha value is -1.38. The van der Waals surface area contributed by atoms with Gasteiger partial charge in [0, 0.05) is 0 Å². The Balaban J connectivity index is 1.36. The first-order chi connectivity index (χ1) is 14.1. The van der Waals surface area contributed by atoms with Gasteiger partial charge in [0.15, 0.2) is 11.6 Å². The van der Waals surface area contributed by atoms with Crippen molar-refractivity contribution < 1.29 is 13.5 Å². The third kappa shape index (κ3) is 6.06. The van der Waals surface area contributed by atoms with E-state index in [9.17, 15) is 8.78 Å². The number of halogens is 2. The molecule has 0 N–H and O–H groups in total. The van der Waals surface area contributed by atoms with Crippen molar-refractivity contribution in [2.75, 3.05) is 6.61 Å². The maximum Gasteiger partial charge on any atom is 0.200 e. The summed E-state index contributed by atoms with van der Waals surface area (Å²) in [4.78, 5) is 0. The first-order valence-corrected chi connectivity index (χ1v) is 11.5. The van der Waals surface area contributed by atoms with Gasteiger partial charge in [0.25, 0.3) is 0 Å². The molecule has 0 unspecified atom stereocenters. The van der Waals surface area contributed by atoms with Crippen LogP contribution in [0.15, 0.2) is 24.8 Å². The first kappa shape index (κ1) is 22.3. The minimum atomic E-state index is -0.837. The predicted octanol–water partition coefficient (Wildman–Crippen LogP) is 7.82. The molecule has 0 bridgehead atoms. The largest absolute Gasteiger partial charge is 0.491 e. The lowest BCUT2D eigenvalue weighted by Gasteiger charge is -2.29. The molecule has 2 aliphatic carbocycles. The molecule has 0 spiro atoms. The molecule has 0 saturated heterocycles. The van der Waals surface area contributed by atoms with Gasteiger partial charge < -0.3 is 4.74 Å². The Kier molecular flexibility index (Phi) is 8.56. The van der Waals surface area contributed by atoms with Crippen molar-refractivity contribution in [3.8, 4) is 5.75 Å². The molecule has 1 aromatic carbocycles. The molecule has 2 fully saturated rings. The molecule has 0 atom stereocenters. The average Bonchev–Trinajstić information content (AvgIpc) is 2.76. The SMILES string of the molecule is C=C[C@H]1CC[C@H]([CH]CC[CH][C@H]2CC[C@H](c3ccc(OCC)c(F)c3F)CC2)CC1. The number of ether oxygens (including phenoxy) is 1. The van der Waals surface area contributed by atoms with E-state index in [0.717, 1.165) is 43.9 Å². The fourth-order valence-electron chi connectivity index (χ4n) is 5.08. The van der Waals surface area contributed by atoms with Crippen LogP contribution in [-0.4, -0.2) is 6.61 Å². The van der Waals surface area contributed by atoms with Gasteiger partial charge in [-0.2, -0.15) is 4.39 Å². The summed E-state index contributed by atoms with van der Waals surface area (Å²) in [6.45, 7) is 6.03. The lowest BCUT2D eigenvalue weighted by Crippen LogP contribution is -2.16. The Morgan fingerprint density at radius 1 is 0.862 bits per heavy atom. The molecule has 2 aliphatic rings. The van der Waals surface area contributed by atoms with Crippen LogP contribution in [-0.2, 0) is 0 Å². The minimum Gasteiger partial charge on any atom is -0.491 e. The van der Waals surface area contributed by atoms with Crippen molar-refractivity contribution in [2.45, 2.75) is 77.0 Å². The molecule has 1 aromatic rings. The highest BCUT2D eigenvalue weighted by molar-refractivity contribution is 5.33. The van der Waals surface area contributed by atoms with Gasteiger partial charge in [0.1, 0.15) is 0 Å². The summed E-state index contributed by atoms with van der Waals surface area (Å²) in [5, 5.41) is 0. The second-order valence-electron chi connectivity index (χ2n) is 8.78. The topological polar surface area (TPSA) is 9.23 Å². The molecule has 0 aliphatic heterocycles. The number of unbranched alkanes of at least 4 members (excludes halogenated alkanes) is 1. The monoisotopic (exact) mass is 402 g/mol. The molecular weight excluding hydrogens is 366 g/mol. The van der Waals surface area contributed by atoms with Crippen molar-refractivity contribution in [3.05, 3.63) is 54.8 Å². The van der Waals surface area contributed by atoms with Crippen molar-refractivity contribution in [1.29, 1.82) is 0 Å². The summed E-state index contributed by atoms with van der Waals surface area (Å²) in [7, 11) is 0. The number of hydrogen-bond donors (Lipinski definition) is 0. The lowest BCUT2D eigenvalue weighted by molar-refractivity contribution is 0.308. The number of benzene rings is 1. The molecule has 3 rings (SSSR count). The lowest BCUT2D eigenvalue weighted by atomic mass is 9.76. The van der Waals surface area contributed by atoms with Gasteiger partial charge in [-0.15, -0.1) is 6.58 Å². The molecule has 2 radical (unpaired) electrons. The zero-order valence-electron chi connectivity index (χ0n) is 17.8. The predicted molar refractivity (Wildman–Crippen MR) is 116 cm³/mol. The molecule has 0 amide bonds. The Labute approximate surface area is 175 Å². The van der Waals surface area contributed by atoms with Crippen LogP contribution in [0.1, 0.15) is 82.6 Å². The van der Waals surface area contributed by atoms with E-state index in [1.165, 1.54) is 32.1 Å². The van der Waals surface area contributed by atoms with E-state index in [2.05, 4.69) is 25.5 Å². The second kappa shape index (κ2) is 11.1. The Morgan fingerprint density at radius 2 is 1.41 bits per heavy atom. The van der Waals surface area contributed by atoms with Gasteiger partial charge in [0.05, 0.1) is 6.61 Å². The van der Waals surface area contributed by atoms with Crippen LogP contribution >= 0.6 is 0 Å². The fraction of sp³-hybridized carbons (Fsp3) is 0.615. The molecule has 160 valence electrons. The van der Waals surface area contributed by atoms with E-state index in [-0.39, 0.29) is 11.7 Å². The van der Waals surface area contributed by atoms with Gasteiger partial charge in [0.2, 0.25) is 5.82 Å². The number of rotatable bonds is 9. The summed E-state index contributed by atoms with van der Waals surface area (Å²) in [5.41, 5.74) is 0.521. The quantitative estimate of drug-likeness (QED) is 0.302. The van der Waals surface area contributed by atoms with Crippen LogP contribution in [0.2, 0.25) is 0 Å². The average molecular weight is 403 g/mol. The third-order valence-corrected chi connectivity index (χ3v) is 6.90. The van der Waals surface area contributed by atoms with Crippen LogP contribution in [0.5, 0.6) is 5.75 Å². The van der Waals surface area contributed by atoms with Gasteiger partial charge in [-0.05, 0) is 119 Å². The molecule has 0 heterocycles. The van der Waals surface area contributed by atoms with Crippen molar-refractivity contribution >= 4 is 0 Å². The maximum atomic E-state index is 14.5. The zero-order valence-corrected chi connectivity index (χ0v) is 17.8. The smallest absolute Gasteiger partial charge is 0.200 e. The molecule has 0 aromatic heterocycles. The van der Waals surface area contributed by atoms with Crippen LogP contribution < -0.4 is 4.74 Å². The van der Waals surface area contributed by atoms with Crippen LogP contribution in [0.25, 0.3) is 0 Å². The molecular formula is C26H36F2O. The standard InChI is InChI=1S/C26H36F2O/c1-3-19-9-11-20(12-10-19)7-5-6-8-21-13-15-22(16-14-21)23-17-18-24(29-4-2)26(28)25(23)27/h3,7-8,17-22H,1,4-6,9-16H2,2H3/t19-,20-,21-,22-. The van der Waals surface area contributed by atoms with Crippen molar-refractivity contribution in [1.82, 2.24) is 0 Å². The molecule has 3 heteroatoms. The van der Waals surface area contributed by atoms with E-state index in [4.69, 9.17) is 4.74 Å². The summed E-state index contributed by atoms with van der Waals surface area (Å²) in [5.74, 6) is 0.719. The zero-order chi connectivity index (χ0) is 20.6. The summed E-state index contributed by atoms with van der Waals surface area (Å²) < 4.78 is 33.8. The third-order valence-electron chi connectivity index (χ3n) is 6.90. The Morgan fingerprint density at radius 3 is 1.97 bits per heavy atom. The van der Waals surface area contributed by atoms with Gasteiger partial charge in [-0.3, -0.25) is 0 Å². The highest BCUT2D eigenvalue weighted by atomic mass is 19.2. The van der Waals surface area contributed by atoms with Gasteiger partial charge in [-0.25, -0.2) is 4.39 Å². The van der Waals surface area contributed by atoms with Gasteiger partial charge >= 0.3 is 0 Å². The Bertz CT molecular complexity index is 640. The minimum absolute atomic E-state index is 0.0185. The summed E-state index contributed by atoms with van der Waals surface area (Å²) in [6, 6.07) is 3.29. The van der Waals surface area contributed by atoms with E-state index >= 15 is 0 Å². The normalized spacial score (nSPS) is 27.6. The number of hydrogen-bond acceptors (Lipinski definition) is 1. The number of allylic oxidation sites excluding steroid dienone is 1. The highest BCUT2D eigenvalue weighted by Gasteiger charge is 2.27. The van der Waals surface area contributed by atoms with Crippen LogP contribution in [0, 0.1) is 42.2 Å². The van der Waals surface area contributed by atoms with E-state index in [1.807, 2.05) is 0 Å². The van der Waals surface area contributed by atoms with Crippen molar-refractivity contribution in [3.63, 3.8) is 0 Å². The van der Waals surface area contributed by atoms with E-state index < -0.39 is 11.6 Å². The van der Waals surface area contributed by atoms with E-state index in [1.54, 1.807) is 19.1 Å². The maximum absolute atomic E-state index is 14.5.